The number of carboxylic acid groups (broad SMARTS) is 1. The van der Waals surface area contributed by atoms with Gasteiger partial charge in [-0.1, -0.05) is 13.3 Å². The highest BCUT2D eigenvalue weighted by atomic mass is 16.5. The summed E-state index contributed by atoms with van der Waals surface area (Å²) in [5.41, 5.74) is 5.65. The Morgan fingerprint density at radius 1 is 1.29 bits per heavy atom. The number of ether oxygens (including phenoxy) is 2. The molecular formula is C28H42N4O6. The zero-order chi connectivity index (χ0) is 28.3. The maximum Gasteiger partial charge on any atom is 0.326 e. The first-order valence-corrected chi connectivity index (χ1v) is 13.2. The van der Waals surface area contributed by atoms with Crippen LogP contribution in [0, 0.1) is 0 Å². The number of carboxylic acids is 1. The molecule has 2 heterocycles. The molecule has 0 bridgehead atoms. The maximum atomic E-state index is 13.1. The normalized spacial score (nSPS) is 15.9. The predicted molar refractivity (Wildman–Crippen MR) is 146 cm³/mol. The number of nitrogens with one attached hydrogen (secondary N) is 1. The molecule has 0 aliphatic carbocycles. The van der Waals surface area contributed by atoms with Crippen molar-refractivity contribution < 1.29 is 29.0 Å². The van der Waals surface area contributed by atoms with Gasteiger partial charge in [0.05, 0.1) is 11.1 Å². The van der Waals surface area contributed by atoms with Gasteiger partial charge in [-0.25, -0.2) is 4.79 Å². The number of rotatable bonds is 11. The second-order valence-corrected chi connectivity index (χ2v) is 10.0. The fraction of sp³-hybridized carbons (Fsp3) is 0.571. The lowest BCUT2D eigenvalue weighted by Gasteiger charge is -2.26. The van der Waals surface area contributed by atoms with Crippen LogP contribution in [-0.2, 0) is 14.3 Å². The van der Waals surface area contributed by atoms with Crippen molar-refractivity contribution in [3.63, 3.8) is 0 Å². The first-order chi connectivity index (χ1) is 18.0. The zero-order valence-corrected chi connectivity index (χ0v) is 23.2. The minimum atomic E-state index is -1.03. The number of hydrogen-bond donors (Lipinski definition) is 3. The lowest BCUT2D eigenvalue weighted by atomic mass is 10.0. The van der Waals surface area contributed by atoms with Crippen LogP contribution in [0.3, 0.4) is 0 Å². The van der Waals surface area contributed by atoms with Gasteiger partial charge in [-0.05, 0) is 70.8 Å². The third-order valence-corrected chi connectivity index (χ3v) is 6.36. The van der Waals surface area contributed by atoms with E-state index in [1.54, 1.807) is 38.3 Å². The summed E-state index contributed by atoms with van der Waals surface area (Å²) >= 11 is 0. The Morgan fingerprint density at radius 3 is 2.63 bits per heavy atom. The van der Waals surface area contributed by atoms with E-state index in [0.29, 0.717) is 54.6 Å². The van der Waals surface area contributed by atoms with Crippen LogP contribution in [0.4, 0.5) is 0 Å². The van der Waals surface area contributed by atoms with Gasteiger partial charge >= 0.3 is 5.97 Å². The van der Waals surface area contributed by atoms with E-state index in [2.05, 4.69) is 17.2 Å². The van der Waals surface area contributed by atoms with Crippen molar-refractivity contribution in [2.24, 2.45) is 5.73 Å². The summed E-state index contributed by atoms with van der Waals surface area (Å²) in [6.45, 7) is 9.39. The number of aromatic nitrogens is 1. The Kier molecular flexibility index (Phi) is 11.9. The molecule has 1 aliphatic rings. The molecule has 4 N–H and O–H groups in total. The number of fused-ring (bicyclic) bond motifs is 1. The average molecular weight is 531 g/mol. The van der Waals surface area contributed by atoms with E-state index in [1.807, 2.05) is 13.8 Å². The minimum absolute atomic E-state index is 0.357. The molecule has 3 rings (SSSR count). The summed E-state index contributed by atoms with van der Waals surface area (Å²) in [6.07, 6.45) is 5.65. The summed E-state index contributed by atoms with van der Waals surface area (Å²) in [5, 5.41) is 12.6. The number of amides is 2. The van der Waals surface area contributed by atoms with Crippen LogP contribution < -0.4 is 15.8 Å². The zero-order valence-electron chi connectivity index (χ0n) is 23.2. The van der Waals surface area contributed by atoms with Gasteiger partial charge in [0.1, 0.15) is 23.4 Å². The van der Waals surface area contributed by atoms with Gasteiger partial charge in [0.2, 0.25) is 5.91 Å². The first-order valence-electron chi connectivity index (χ1n) is 13.2. The Bertz CT molecular complexity index is 1090. The molecule has 0 spiro atoms. The molecule has 2 aromatic rings. The summed E-state index contributed by atoms with van der Waals surface area (Å²) in [7, 11) is 1.64. The van der Waals surface area contributed by atoms with Gasteiger partial charge in [0, 0.05) is 38.3 Å². The second-order valence-electron chi connectivity index (χ2n) is 10.0. The number of carbonyl (C=O) groups is 3. The van der Waals surface area contributed by atoms with E-state index in [-0.39, 0.29) is 0 Å². The molecule has 1 aromatic heterocycles. The maximum absolute atomic E-state index is 13.1. The third kappa shape index (κ3) is 8.66. The van der Waals surface area contributed by atoms with Crippen LogP contribution in [0.1, 0.15) is 70.2 Å². The molecule has 2 atom stereocenters. The van der Waals surface area contributed by atoms with Gasteiger partial charge in [0.15, 0.2) is 0 Å². The van der Waals surface area contributed by atoms with Gasteiger partial charge in [-0.2, -0.15) is 0 Å². The van der Waals surface area contributed by atoms with Crippen molar-refractivity contribution in [1.29, 1.82) is 0 Å². The number of carbonyl (C=O) groups excluding carboxylic acids is 2. The van der Waals surface area contributed by atoms with E-state index in [4.69, 9.17) is 15.2 Å². The van der Waals surface area contributed by atoms with E-state index < -0.39 is 35.5 Å². The first kappa shape index (κ1) is 31.0. The minimum Gasteiger partial charge on any atom is -0.488 e. The Balaban J connectivity index is 0.000000926. The van der Waals surface area contributed by atoms with Gasteiger partial charge in [0.25, 0.3) is 5.91 Å². The average Bonchev–Trinajstić information content (AvgIpc) is 3.37. The lowest BCUT2D eigenvalue weighted by Crippen LogP contribution is -2.50. The molecule has 1 aromatic carbocycles. The summed E-state index contributed by atoms with van der Waals surface area (Å²) in [6, 6.07) is 5.22. The van der Waals surface area contributed by atoms with E-state index in [0.717, 1.165) is 6.54 Å². The summed E-state index contributed by atoms with van der Waals surface area (Å²) < 4.78 is 11.3. The predicted octanol–water partition coefficient (Wildman–Crippen LogP) is 3.37. The van der Waals surface area contributed by atoms with Crippen LogP contribution >= 0.6 is 0 Å². The largest absolute Gasteiger partial charge is 0.488 e. The highest BCUT2D eigenvalue weighted by Crippen LogP contribution is 2.27. The van der Waals surface area contributed by atoms with Crippen molar-refractivity contribution in [2.75, 3.05) is 26.8 Å². The van der Waals surface area contributed by atoms with Crippen molar-refractivity contribution in [3.05, 3.63) is 36.0 Å². The SMILES string of the molecule is CCCCN.COCCC(C)(C)Oc1ccc2nccc(C(=O)NC(C)C(=O)N3CCCC3C(=O)O)c2c1. The molecule has 1 fully saturated rings. The molecule has 2 unspecified atom stereocenters. The number of unbranched alkanes of at least 4 members (excludes halogenated alkanes) is 1. The monoisotopic (exact) mass is 530 g/mol. The Labute approximate surface area is 224 Å². The molecule has 1 aliphatic heterocycles. The number of aliphatic carboxylic acids is 1. The molecule has 10 nitrogen and oxygen atoms in total. The van der Waals surface area contributed by atoms with Gasteiger partial charge in [-0.15, -0.1) is 0 Å². The molecule has 2 amide bonds. The van der Waals surface area contributed by atoms with Crippen molar-refractivity contribution >= 4 is 28.7 Å². The quantitative estimate of drug-likeness (QED) is 0.401. The highest BCUT2D eigenvalue weighted by molar-refractivity contribution is 6.07. The highest BCUT2D eigenvalue weighted by Gasteiger charge is 2.36. The lowest BCUT2D eigenvalue weighted by molar-refractivity contribution is -0.148. The van der Waals surface area contributed by atoms with Crippen LogP contribution in [0.15, 0.2) is 30.5 Å². The van der Waals surface area contributed by atoms with E-state index in [1.165, 1.54) is 23.9 Å². The Hall–Kier alpha value is -3.24. The number of benzene rings is 1. The van der Waals surface area contributed by atoms with Gasteiger partial charge in [-0.3, -0.25) is 14.6 Å². The number of likely N-dealkylation sites (tertiary alicyclic amines) is 1. The molecule has 0 saturated carbocycles. The molecule has 10 heteroatoms. The standard InChI is InChI=1S/C24H31N3O6.C4H11N/c1-15(22(29)27-12-5-6-20(27)23(30)31)26-21(28)17-9-11-25-19-8-7-16(14-18(17)19)33-24(2,3)10-13-32-4;1-2-3-4-5/h7-9,11,14-15,20H,5-6,10,12-13H2,1-4H3,(H,26,28)(H,30,31);2-5H2,1H3. The second kappa shape index (κ2) is 14.6. The van der Waals surface area contributed by atoms with E-state index in [9.17, 15) is 19.5 Å². The molecule has 0 radical (unpaired) electrons. The van der Waals surface area contributed by atoms with Crippen molar-refractivity contribution in [1.82, 2.24) is 15.2 Å². The number of nitrogens with zero attached hydrogens (tertiary/aromatic N) is 2. The number of nitrogens with two attached hydrogens (primary N) is 1. The van der Waals surface area contributed by atoms with Crippen molar-refractivity contribution in [3.8, 4) is 5.75 Å². The fourth-order valence-corrected chi connectivity index (χ4v) is 4.18. The van der Waals surface area contributed by atoms with Gasteiger partial charge < -0.3 is 30.5 Å². The van der Waals surface area contributed by atoms with Crippen LogP contribution in [0.5, 0.6) is 5.75 Å². The van der Waals surface area contributed by atoms with Crippen LogP contribution in [0.2, 0.25) is 0 Å². The van der Waals surface area contributed by atoms with E-state index >= 15 is 0 Å². The summed E-state index contributed by atoms with van der Waals surface area (Å²) in [5.74, 6) is -1.28. The number of methoxy groups -OCH3 is 1. The van der Waals surface area contributed by atoms with Crippen molar-refractivity contribution in [2.45, 2.75) is 77.5 Å². The smallest absolute Gasteiger partial charge is 0.326 e. The number of hydrogen-bond acceptors (Lipinski definition) is 7. The number of pyridine rings is 1. The third-order valence-electron chi connectivity index (χ3n) is 6.36. The summed E-state index contributed by atoms with van der Waals surface area (Å²) in [4.78, 5) is 42.9. The van der Waals surface area contributed by atoms with Crippen LogP contribution in [-0.4, -0.2) is 77.3 Å². The molecular weight excluding hydrogens is 488 g/mol. The molecule has 1 saturated heterocycles. The Morgan fingerprint density at radius 2 is 2.03 bits per heavy atom. The molecule has 38 heavy (non-hydrogen) atoms. The topological polar surface area (TPSA) is 144 Å². The van der Waals surface area contributed by atoms with Crippen LogP contribution in [0.25, 0.3) is 10.9 Å². The fourth-order valence-electron chi connectivity index (χ4n) is 4.18. The molecule has 210 valence electrons.